The minimum atomic E-state index is -0.0743. The monoisotopic (exact) mass is 400 g/mol. The zero-order chi connectivity index (χ0) is 21.3. The molecule has 0 atom stereocenters. The standard InChI is InChI=1S/C25H24N2O3/c1-16-5-7-17(8-6-16)18-9-11-19(12-10-18)25-21-15-23(30-4)22(29-3)13-20(21)14-24(28)27(2)26-25/h5-13,15H,14H2,1-4H3. The number of hydrazone groups is 1. The van der Waals surface area contributed by atoms with Crippen LogP contribution < -0.4 is 9.47 Å². The lowest BCUT2D eigenvalue weighted by atomic mass is 9.94. The van der Waals surface area contributed by atoms with Gasteiger partial charge in [0, 0.05) is 18.2 Å². The molecule has 0 saturated carbocycles. The Balaban J connectivity index is 1.80. The van der Waals surface area contributed by atoms with E-state index in [2.05, 4.69) is 48.4 Å². The summed E-state index contributed by atoms with van der Waals surface area (Å²) in [4.78, 5) is 12.5. The molecule has 0 spiro atoms. The highest BCUT2D eigenvalue weighted by Gasteiger charge is 2.24. The average Bonchev–Trinajstić information content (AvgIpc) is 2.89. The first-order valence-corrected chi connectivity index (χ1v) is 9.78. The number of methoxy groups -OCH3 is 2. The van der Waals surface area contributed by atoms with Gasteiger partial charge in [0.15, 0.2) is 11.5 Å². The molecule has 0 fully saturated rings. The summed E-state index contributed by atoms with van der Waals surface area (Å²) in [6.07, 6.45) is 0.251. The molecular weight excluding hydrogens is 376 g/mol. The van der Waals surface area contributed by atoms with Crippen molar-refractivity contribution < 1.29 is 14.3 Å². The minimum Gasteiger partial charge on any atom is -0.493 e. The molecule has 1 aliphatic heterocycles. The summed E-state index contributed by atoms with van der Waals surface area (Å²) in [6.45, 7) is 2.08. The third-order valence-corrected chi connectivity index (χ3v) is 5.36. The predicted molar refractivity (Wildman–Crippen MR) is 118 cm³/mol. The summed E-state index contributed by atoms with van der Waals surface area (Å²) in [5, 5.41) is 6.02. The Kier molecular flexibility index (Phi) is 5.27. The Morgan fingerprint density at radius 3 is 1.97 bits per heavy atom. The highest BCUT2D eigenvalue weighted by molar-refractivity contribution is 6.15. The second-order valence-corrected chi connectivity index (χ2v) is 7.35. The molecule has 5 nitrogen and oxygen atoms in total. The van der Waals surface area contributed by atoms with E-state index in [0.29, 0.717) is 11.5 Å². The number of hydrogen-bond acceptors (Lipinski definition) is 4. The van der Waals surface area contributed by atoms with Crippen LogP contribution in [0.3, 0.4) is 0 Å². The molecule has 5 heteroatoms. The number of aryl methyl sites for hydroxylation is 1. The average molecular weight is 400 g/mol. The highest BCUT2D eigenvalue weighted by Crippen LogP contribution is 2.34. The van der Waals surface area contributed by atoms with E-state index < -0.39 is 0 Å². The van der Waals surface area contributed by atoms with Gasteiger partial charge in [0.05, 0.1) is 26.4 Å². The Bertz CT molecular complexity index is 1120. The number of fused-ring (bicyclic) bond motifs is 1. The lowest BCUT2D eigenvalue weighted by molar-refractivity contribution is -0.129. The van der Waals surface area contributed by atoms with Gasteiger partial charge in [0.2, 0.25) is 5.91 Å². The maximum atomic E-state index is 12.5. The second kappa shape index (κ2) is 8.03. The number of carbonyl (C=O) groups excluding carboxylic acids is 1. The van der Waals surface area contributed by atoms with E-state index in [0.717, 1.165) is 33.5 Å². The first-order valence-electron chi connectivity index (χ1n) is 9.78. The topological polar surface area (TPSA) is 51.1 Å². The maximum absolute atomic E-state index is 12.5. The molecule has 0 radical (unpaired) electrons. The van der Waals surface area contributed by atoms with Crippen LogP contribution in [-0.4, -0.2) is 37.9 Å². The van der Waals surface area contributed by atoms with E-state index in [4.69, 9.17) is 9.47 Å². The Labute approximate surface area is 176 Å². The number of likely N-dealkylation sites (N-methyl/N-ethyl adjacent to an activating group) is 1. The number of carbonyl (C=O) groups is 1. The lowest BCUT2D eigenvalue weighted by Crippen LogP contribution is -2.22. The van der Waals surface area contributed by atoms with Crippen molar-refractivity contribution in [3.05, 3.63) is 82.9 Å². The van der Waals surface area contributed by atoms with E-state index in [-0.39, 0.29) is 12.3 Å². The normalized spacial score (nSPS) is 13.4. The van der Waals surface area contributed by atoms with Crippen molar-refractivity contribution in [1.82, 2.24) is 5.01 Å². The van der Waals surface area contributed by atoms with Crippen LogP contribution in [0.4, 0.5) is 0 Å². The van der Waals surface area contributed by atoms with Gasteiger partial charge in [-0.2, -0.15) is 5.10 Å². The molecule has 0 saturated heterocycles. The van der Waals surface area contributed by atoms with Crippen LogP contribution in [0.2, 0.25) is 0 Å². The smallest absolute Gasteiger partial charge is 0.246 e. The molecule has 30 heavy (non-hydrogen) atoms. The van der Waals surface area contributed by atoms with Gasteiger partial charge >= 0.3 is 0 Å². The second-order valence-electron chi connectivity index (χ2n) is 7.35. The first kappa shape index (κ1) is 19.7. The van der Waals surface area contributed by atoms with Crippen molar-refractivity contribution >= 4 is 11.6 Å². The van der Waals surface area contributed by atoms with Crippen LogP contribution in [0.15, 0.2) is 65.8 Å². The fraction of sp³-hybridized carbons (Fsp3) is 0.200. The number of benzene rings is 3. The van der Waals surface area contributed by atoms with Gasteiger partial charge in [0.1, 0.15) is 0 Å². The summed E-state index contributed by atoms with van der Waals surface area (Å²) in [6, 6.07) is 20.4. The van der Waals surface area contributed by atoms with E-state index in [1.807, 2.05) is 24.3 Å². The third kappa shape index (κ3) is 3.66. The van der Waals surface area contributed by atoms with Crippen molar-refractivity contribution in [1.29, 1.82) is 0 Å². The molecule has 1 amide bonds. The fourth-order valence-electron chi connectivity index (χ4n) is 3.60. The first-order chi connectivity index (χ1) is 14.5. The molecule has 0 N–H and O–H groups in total. The van der Waals surface area contributed by atoms with Gasteiger partial charge in [-0.15, -0.1) is 0 Å². The van der Waals surface area contributed by atoms with Crippen LogP contribution in [0.25, 0.3) is 11.1 Å². The quantitative estimate of drug-likeness (QED) is 0.650. The van der Waals surface area contributed by atoms with Crippen LogP contribution in [0, 0.1) is 6.92 Å². The van der Waals surface area contributed by atoms with Crippen LogP contribution in [-0.2, 0) is 11.2 Å². The van der Waals surface area contributed by atoms with Crippen molar-refractivity contribution in [3.8, 4) is 22.6 Å². The van der Waals surface area contributed by atoms with Crippen molar-refractivity contribution in [2.24, 2.45) is 5.10 Å². The number of ether oxygens (including phenoxy) is 2. The van der Waals surface area contributed by atoms with Crippen LogP contribution in [0.5, 0.6) is 11.5 Å². The van der Waals surface area contributed by atoms with Crippen molar-refractivity contribution in [2.45, 2.75) is 13.3 Å². The van der Waals surface area contributed by atoms with E-state index in [1.165, 1.54) is 10.6 Å². The molecule has 152 valence electrons. The Hall–Kier alpha value is -3.60. The van der Waals surface area contributed by atoms with Crippen molar-refractivity contribution in [3.63, 3.8) is 0 Å². The maximum Gasteiger partial charge on any atom is 0.246 e. The van der Waals surface area contributed by atoms with Gasteiger partial charge in [-0.05, 0) is 35.7 Å². The number of rotatable bonds is 4. The van der Waals surface area contributed by atoms with Crippen molar-refractivity contribution in [2.75, 3.05) is 21.3 Å². The predicted octanol–water partition coefficient (Wildman–Crippen LogP) is 4.45. The molecule has 0 aliphatic carbocycles. The molecule has 3 aromatic carbocycles. The SMILES string of the molecule is COc1cc2c(cc1OC)C(c1ccc(-c3ccc(C)cc3)cc1)=NN(C)C(=O)C2. The Morgan fingerprint density at radius 1 is 0.833 bits per heavy atom. The molecule has 0 unspecified atom stereocenters. The van der Waals surface area contributed by atoms with E-state index in [1.54, 1.807) is 21.3 Å². The van der Waals surface area contributed by atoms with E-state index in [9.17, 15) is 4.79 Å². The number of hydrogen-bond donors (Lipinski definition) is 0. The summed E-state index contributed by atoms with van der Waals surface area (Å²) in [5.41, 5.74) is 6.92. The summed E-state index contributed by atoms with van der Waals surface area (Å²) >= 11 is 0. The summed E-state index contributed by atoms with van der Waals surface area (Å²) < 4.78 is 10.9. The van der Waals surface area contributed by atoms with Gasteiger partial charge in [0.25, 0.3) is 0 Å². The summed E-state index contributed by atoms with van der Waals surface area (Å²) in [7, 11) is 4.88. The molecule has 4 rings (SSSR count). The largest absolute Gasteiger partial charge is 0.493 e. The molecule has 1 heterocycles. The number of amides is 1. The van der Waals surface area contributed by atoms with Gasteiger partial charge in [-0.3, -0.25) is 4.79 Å². The zero-order valence-electron chi connectivity index (χ0n) is 17.6. The summed E-state index contributed by atoms with van der Waals surface area (Å²) in [5.74, 6) is 1.13. The number of nitrogens with zero attached hydrogens (tertiary/aromatic N) is 2. The molecule has 0 bridgehead atoms. The van der Waals surface area contributed by atoms with E-state index >= 15 is 0 Å². The van der Waals surface area contributed by atoms with Gasteiger partial charge in [-0.25, -0.2) is 5.01 Å². The minimum absolute atomic E-state index is 0.0743. The molecule has 3 aromatic rings. The molecular formula is C25H24N2O3. The molecule has 0 aromatic heterocycles. The highest BCUT2D eigenvalue weighted by atomic mass is 16.5. The fourth-order valence-corrected chi connectivity index (χ4v) is 3.60. The van der Waals surface area contributed by atoms with Crippen LogP contribution in [0.1, 0.15) is 22.3 Å². The van der Waals surface area contributed by atoms with Gasteiger partial charge in [-0.1, -0.05) is 54.1 Å². The van der Waals surface area contributed by atoms with Gasteiger partial charge < -0.3 is 9.47 Å². The lowest BCUT2D eigenvalue weighted by Gasteiger charge is -2.14. The molecule has 1 aliphatic rings. The van der Waals surface area contributed by atoms with Crippen LogP contribution >= 0.6 is 0 Å². The Morgan fingerprint density at radius 2 is 1.37 bits per heavy atom. The third-order valence-electron chi connectivity index (χ3n) is 5.36. The zero-order valence-corrected chi connectivity index (χ0v) is 17.6.